The van der Waals surface area contributed by atoms with Gasteiger partial charge in [0.2, 0.25) is 0 Å². The Morgan fingerprint density at radius 1 is 1.28 bits per heavy atom. The highest BCUT2D eigenvalue weighted by atomic mass is 16.5. The fourth-order valence-corrected chi connectivity index (χ4v) is 3.24. The van der Waals surface area contributed by atoms with Crippen LogP contribution in [0.5, 0.6) is 17.2 Å². The predicted octanol–water partition coefficient (Wildman–Crippen LogP) is 2.51. The number of carbonyl (C=O) groups is 1. The zero-order valence-corrected chi connectivity index (χ0v) is 14.4. The van der Waals surface area contributed by atoms with Crippen LogP contribution in [0.2, 0.25) is 0 Å². The van der Waals surface area contributed by atoms with Crippen LogP contribution in [0.3, 0.4) is 0 Å². The van der Waals surface area contributed by atoms with Crippen LogP contribution in [0, 0.1) is 5.92 Å². The minimum atomic E-state index is -0.215. The van der Waals surface area contributed by atoms with Crippen LogP contribution in [0.15, 0.2) is 36.5 Å². The molecular weight excluding hydrogens is 320 g/mol. The van der Waals surface area contributed by atoms with Gasteiger partial charge >= 0.3 is 0 Å². The van der Waals surface area contributed by atoms with Gasteiger partial charge < -0.3 is 19.5 Å². The molecule has 0 radical (unpaired) electrons. The molecule has 6 nitrogen and oxygen atoms in total. The number of pyridine rings is 1. The first-order valence-corrected chi connectivity index (χ1v) is 8.26. The lowest BCUT2D eigenvalue weighted by molar-refractivity contribution is 0.0778. The Morgan fingerprint density at radius 3 is 2.80 bits per heavy atom. The Morgan fingerprint density at radius 2 is 2.08 bits per heavy atom. The molecule has 1 aliphatic rings. The molecular formula is C19H22N2O4. The number of aromatic nitrogens is 1. The number of carbonyl (C=O) groups excluding carboxylic acids is 1. The first-order chi connectivity index (χ1) is 12.1. The van der Waals surface area contributed by atoms with E-state index in [9.17, 15) is 9.90 Å². The molecule has 1 aliphatic heterocycles. The third kappa shape index (κ3) is 3.68. The molecule has 1 N–H and O–H groups in total. The summed E-state index contributed by atoms with van der Waals surface area (Å²) in [6, 6.07) is 9.00. The number of aromatic hydroxyl groups is 1. The van der Waals surface area contributed by atoms with Crippen molar-refractivity contribution in [2.24, 2.45) is 5.92 Å². The van der Waals surface area contributed by atoms with Crippen molar-refractivity contribution in [1.82, 2.24) is 9.88 Å². The van der Waals surface area contributed by atoms with E-state index in [2.05, 4.69) is 4.98 Å². The van der Waals surface area contributed by atoms with E-state index in [-0.39, 0.29) is 17.4 Å². The first-order valence-electron chi connectivity index (χ1n) is 8.26. The van der Waals surface area contributed by atoms with Gasteiger partial charge in [0, 0.05) is 19.3 Å². The summed E-state index contributed by atoms with van der Waals surface area (Å²) in [5, 5.41) is 9.81. The van der Waals surface area contributed by atoms with Crippen LogP contribution in [-0.4, -0.2) is 48.2 Å². The maximum Gasteiger partial charge on any atom is 0.276 e. The van der Waals surface area contributed by atoms with E-state index >= 15 is 0 Å². The van der Waals surface area contributed by atoms with Gasteiger partial charge in [-0.3, -0.25) is 4.79 Å². The van der Waals surface area contributed by atoms with Crippen LogP contribution < -0.4 is 9.47 Å². The van der Waals surface area contributed by atoms with E-state index in [1.165, 1.54) is 12.3 Å². The van der Waals surface area contributed by atoms with Crippen LogP contribution in [0.1, 0.15) is 22.5 Å². The second-order valence-corrected chi connectivity index (χ2v) is 6.17. The van der Waals surface area contributed by atoms with Crippen molar-refractivity contribution in [3.05, 3.63) is 47.8 Å². The van der Waals surface area contributed by atoms with E-state index in [4.69, 9.17) is 9.47 Å². The molecule has 0 spiro atoms. The van der Waals surface area contributed by atoms with Crippen LogP contribution >= 0.6 is 0 Å². The molecule has 2 aromatic rings. The summed E-state index contributed by atoms with van der Waals surface area (Å²) in [6.45, 7) is 1.33. The number of hydrogen-bond acceptors (Lipinski definition) is 5. The number of methoxy groups -OCH3 is 2. The summed E-state index contributed by atoms with van der Waals surface area (Å²) >= 11 is 0. The minimum Gasteiger partial charge on any atom is -0.505 e. The molecule has 1 unspecified atom stereocenters. The highest BCUT2D eigenvalue weighted by Gasteiger charge is 2.29. The SMILES string of the molecule is COc1ccc(CC2CCN(C(=O)c3ncccc3O)C2)cc1OC. The second kappa shape index (κ2) is 7.42. The van der Waals surface area contributed by atoms with E-state index in [1.54, 1.807) is 25.2 Å². The van der Waals surface area contributed by atoms with Crippen molar-refractivity contribution >= 4 is 5.91 Å². The average Bonchev–Trinajstić information content (AvgIpc) is 3.10. The van der Waals surface area contributed by atoms with Gasteiger partial charge in [-0.05, 0) is 48.6 Å². The van der Waals surface area contributed by atoms with Crippen LogP contribution in [0.4, 0.5) is 0 Å². The summed E-state index contributed by atoms with van der Waals surface area (Å²) < 4.78 is 10.6. The maximum atomic E-state index is 12.5. The zero-order valence-electron chi connectivity index (χ0n) is 14.4. The second-order valence-electron chi connectivity index (χ2n) is 6.17. The molecule has 1 amide bonds. The van der Waals surface area contributed by atoms with E-state index in [1.807, 2.05) is 18.2 Å². The third-order valence-electron chi connectivity index (χ3n) is 4.53. The Bertz CT molecular complexity index is 763. The van der Waals surface area contributed by atoms with E-state index < -0.39 is 0 Å². The van der Waals surface area contributed by atoms with Crippen molar-refractivity contribution in [2.45, 2.75) is 12.8 Å². The largest absolute Gasteiger partial charge is 0.505 e. The van der Waals surface area contributed by atoms with Crippen LogP contribution in [-0.2, 0) is 6.42 Å². The number of likely N-dealkylation sites (tertiary alicyclic amines) is 1. The van der Waals surface area contributed by atoms with E-state index in [0.717, 1.165) is 18.4 Å². The molecule has 1 aromatic carbocycles. The molecule has 1 fully saturated rings. The number of rotatable bonds is 5. The highest BCUT2D eigenvalue weighted by molar-refractivity contribution is 5.94. The summed E-state index contributed by atoms with van der Waals surface area (Å²) in [7, 11) is 3.24. The molecule has 1 saturated heterocycles. The lowest BCUT2D eigenvalue weighted by atomic mass is 9.98. The molecule has 25 heavy (non-hydrogen) atoms. The number of hydrogen-bond donors (Lipinski definition) is 1. The highest BCUT2D eigenvalue weighted by Crippen LogP contribution is 2.30. The van der Waals surface area contributed by atoms with Gasteiger partial charge in [-0.1, -0.05) is 6.07 Å². The molecule has 1 aromatic heterocycles. The van der Waals surface area contributed by atoms with Crippen molar-refractivity contribution in [3.63, 3.8) is 0 Å². The fourth-order valence-electron chi connectivity index (χ4n) is 3.24. The minimum absolute atomic E-state index is 0.0733. The molecule has 0 bridgehead atoms. The quantitative estimate of drug-likeness (QED) is 0.904. The molecule has 0 saturated carbocycles. The van der Waals surface area contributed by atoms with Gasteiger partial charge in [0.15, 0.2) is 17.2 Å². The standard InChI is InChI=1S/C19H22N2O4/c1-24-16-6-5-13(11-17(16)25-2)10-14-7-9-21(12-14)19(23)18-15(22)4-3-8-20-18/h3-6,8,11,14,22H,7,9-10,12H2,1-2H3. The molecule has 0 aliphatic carbocycles. The summed E-state index contributed by atoms with van der Waals surface area (Å²) in [6.07, 6.45) is 3.30. The number of nitrogens with zero attached hydrogens (tertiary/aromatic N) is 2. The third-order valence-corrected chi connectivity index (χ3v) is 4.53. The maximum absolute atomic E-state index is 12.5. The smallest absolute Gasteiger partial charge is 0.276 e. The first kappa shape index (κ1) is 17.1. The number of amides is 1. The van der Waals surface area contributed by atoms with Gasteiger partial charge in [0.1, 0.15) is 5.75 Å². The number of ether oxygens (including phenoxy) is 2. The normalized spacial score (nSPS) is 16.7. The van der Waals surface area contributed by atoms with Crippen molar-refractivity contribution in [3.8, 4) is 17.2 Å². The Kier molecular flexibility index (Phi) is 5.07. The molecule has 1 atom stereocenters. The number of benzene rings is 1. The van der Waals surface area contributed by atoms with Gasteiger partial charge in [-0.15, -0.1) is 0 Å². The van der Waals surface area contributed by atoms with Crippen molar-refractivity contribution in [2.75, 3.05) is 27.3 Å². The Labute approximate surface area is 147 Å². The van der Waals surface area contributed by atoms with Gasteiger partial charge in [0.25, 0.3) is 5.91 Å². The summed E-state index contributed by atoms with van der Waals surface area (Å²) in [5.74, 6) is 1.50. The lowest BCUT2D eigenvalue weighted by Gasteiger charge is -2.17. The molecule has 6 heteroatoms. The molecule has 132 valence electrons. The Hall–Kier alpha value is -2.76. The molecule has 2 heterocycles. The zero-order chi connectivity index (χ0) is 17.8. The monoisotopic (exact) mass is 342 g/mol. The molecule has 3 rings (SSSR count). The van der Waals surface area contributed by atoms with Crippen molar-refractivity contribution in [1.29, 1.82) is 0 Å². The predicted molar refractivity (Wildman–Crippen MR) is 93.2 cm³/mol. The lowest BCUT2D eigenvalue weighted by Crippen LogP contribution is -2.29. The van der Waals surface area contributed by atoms with Gasteiger partial charge in [0.05, 0.1) is 14.2 Å². The topological polar surface area (TPSA) is 71.9 Å². The summed E-state index contributed by atoms with van der Waals surface area (Å²) in [4.78, 5) is 18.3. The van der Waals surface area contributed by atoms with Gasteiger partial charge in [-0.2, -0.15) is 0 Å². The average molecular weight is 342 g/mol. The van der Waals surface area contributed by atoms with E-state index in [0.29, 0.717) is 30.5 Å². The Balaban J connectivity index is 1.65. The van der Waals surface area contributed by atoms with Gasteiger partial charge in [-0.25, -0.2) is 4.98 Å². The fraction of sp³-hybridized carbons (Fsp3) is 0.368. The van der Waals surface area contributed by atoms with Crippen molar-refractivity contribution < 1.29 is 19.4 Å². The summed E-state index contributed by atoms with van der Waals surface area (Å²) in [5.41, 5.74) is 1.27. The van der Waals surface area contributed by atoms with Crippen LogP contribution in [0.25, 0.3) is 0 Å².